The van der Waals surface area contributed by atoms with Crippen molar-refractivity contribution in [1.82, 2.24) is 0 Å². The molecule has 2 nitrogen and oxygen atoms in total. The summed E-state index contributed by atoms with van der Waals surface area (Å²) >= 11 is 22.4. The Kier molecular flexibility index (Phi) is 6.40. The Hall–Kier alpha value is 0.920. The molecule has 0 fully saturated rings. The largest absolute Gasteiger partial charge is 0.399 e. The van der Waals surface area contributed by atoms with Crippen molar-refractivity contribution in [3.8, 4) is 0 Å². The summed E-state index contributed by atoms with van der Waals surface area (Å²) in [5, 5.41) is 0. The first-order chi connectivity index (χ1) is 10.5. The Balaban J connectivity index is 2.86. The van der Waals surface area contributed by atoms with E-state index in [4.69, 9.17) is 11.5 Å². The Labute approximate surface area is 185 Å². The molecule has 0 saturated carbocycles. The zero-order chi connectivity index (χ0) is 17.5. The number of hydrogen-bond donors (Lipinski definition) is 2. The van der Waals surface area contributed by atoms with E-state index >= 15 is 0 Å². The van der Waals surface area contributed by atoms with Crippen LogP contribution in [0.15, 0.2) is 48.5 Å². The van der Waals surface area contributed by atoms with Crippen molar-refractivity contribution in [2.24, 2.45) is 0 Å². The third-order valence-electron chi connectivity index (χ3n) is 3.54. The van der Waals surface area contributed by atoms with Gasteiger partial charge in [0.1, 0.15) is 0 Å². The molecular formula is C15H12Br6N2. The molecule has 0 heterocycles. The second kappa shape index (κ2) is 7.27. The average Bonchev–Trinajstić information content (AvgIpc) is 2.40. The summed E-state index contributed by atoms with van der Waals surface area (Å²) in [6, 6.07) is 15.5. The van der Waals surface area contributed by atoms with Crippen molar-refractivity contribution in [2.75, 3.05) is 11.5 Å². The van der Waals surface area contributed by atoms with Gasteiger partial charge in [-0.1, -0.05) is 120 Å². The topological polar surface area (TPSA) is 52.0 Å². The molecule has 0 radical (unpaired) electrons. The molecular weight excluding hydrogens is 688 g/mol. The Bertz CT molecular complexity index is 610. The molecule has 0 atom stereocenters. The van der Waals surface area contributed by atoms with Crippen molar-refractivity contribution in [3.63, 3.8) is 0 Å². The molecule has 0 saturated heterocycles. The van der Waals surface area contributed by atoms with E-state index in [1.807, 2.05) is 48.5 Å². The fourth-order valence-electron chi connectivity index (χ4n) is 2.45. The molecule has 0 aliphatic carbocycles. The van der Waals surface area contributed by atoms with Gasteiger partial charge in [0.15, 0.2) is 4.29 Å². The zero-order valence-electron chi connectivity index (χ0n) is 11.5. The highest BCUT2D eigenvalue weighted by atomic mass is 80.0. The third kappa shape index (κ3) is 3.87. The van der Waals surface area contributed by atoms with Gasteiger partial charge in [-0.05, 0) is 35.4 Å². The molecule has 124 valence electrons. The first kappa shape index (κ1) is 20.2. The Morgan fingerprint density at radius 3 is 1.00 bits per heavy atom. The molecule has 0 aliphatic heterocycles. The molecule has 0 bridgehead atoms. The van der Waals surface area contributed by atoms with Gasteiger partial charge in [-0.2, -0.15) is 0 Å². The normalized spacial score (nSPS) is 13.1. The van der Waals surface area contributed by atoms with Gasteiger partial charge in [0.05, 0.1) is 5.41 Å². The van der Waals surface area contributed by atoms with Crippen molar-refractivity contribution in [1.29, 1.82) is 0 Å². The van der Waals surface area contributed by atoms with Gasteiger partial charge < -0.3 is 11.5 Å². The minimum Gasteiger partial charge on any atom is -0.399 e. The van der Waals surface area contributed by atoms with E-state index < -0.39 is 9.70 Å². The summed E-state index contributed by atoms with van der Waals surface area (Å²) in [5.74, 6) is 0. The fraction of sp³-hybridized carbons (Fsp3) is 0.200. The van der Waals surface area contributed by atoms with E-state index in [2.05, 4.69) is 95.6 Å². The smallest absolute Gasteiger partial charge is 0.151 e. The summed E-state index contributed by atoms with van der Waals surface area (Å²) in [4.78, 5) is 0. The van der Waals surface area contributed by atoms with Crippen LogP contribution in [0.4, 0.5) is 11.4 Å². The molecule has 0 amide bonds. The van der Waals surface area contributed by atoms with Crippen LogP contribution in [0.3, 0.4) is 0 Å². The van der Waals surface area contributed by atoms with Crippen LogP contribution in [-0.4, -0.2) is 4.29 Å². The molecule has 8 heteroatoms. The number of halogens is 6. The number of alkyl halides is 6. The van der Waals surface area contributed by atoms with E-state index in [0.717, 1.165) is 11.1 Å². The second-order valence-corrected chi connectivity index (χ2v) is 18.5. The summed E-state index contributed by atoms with van der Waals surface area (Å²) in [5.41, 5.74) is 14.5. The van der Waals surface area contributed by atoms with Gasteiger partial charge in [-0.3, -0.25) is 0 Å². The number of benzene rings is 2. The monoisotopic (exact) mass is 694 g/mol. The molecule has 23 heavy (non-hydrogen) atoms. The van der Waals surface area contributed by atoms with Crippen LogP contribution < -0.4 is 11.5 Å². The van der Waals surface area contributed by atoms with Gasteiger partial charge in [0.2, 0.25) is 0 Å². The van der Waals surface area contributed by atoms with Gasteiger partial charge in [0, 0.05) is 11.4 Å². The highest BCUT2D eigenvalue weighted by Crippen LogP contribution is 2.66. The van der Waals surface area contributed by atoms with Crippen LogP contribution in [0.1, 0.15) is 11.1 Å². The van der Waals surface area contributed by atoms with Crippen LogP contribution in [0.25, 0.3) is 0 Å². The maximum atomic E-state index is 5.86. The van der Waals surface area contributed by atoms with Gasteiger partial charge in [-0.25, -0.2) is 0 Å². The van der Waals surface area contributed by atoms with Crippen LogP contribution in [0, 0.1) is 0 Å². The van der Waals surface area contributed by atoms with Gasteiger partial charge in [0.25, 0.3) is 0 Å². The number of nitrogen functional groups attached to an aromatic ring is 2. The maximum Gasteiger partial charge on any atom is 0.151 e. The molecule has 0 aliphatic rings. The second-order valence-electron chi connectivity index (χ2n) is 4.99. The molecule has 0 spiro atoms. The fourth-order valence-corrected chi connectivity index (χ4v) is 9.37. The Morgan fingerprint density at radius 2 is 0.783 bits per heavy atom. The highest BCUT2D eigenvalue weighted by Gasteiger charge is 2.60. The molecule has 2 rings (SSSR count). The molecule has 4 N–H and O–H groups in total. The van der Waals surface area contributed by atoms with Gasteiger partial charge in [-0.15, -0.1) is 0 Å². The number of hydrogen-bond acceptors (Lipinski definition) is 2. The predicted octanol–water partition coefficient (Wildman–Crippen LogP) is 6.81. The minimum absolute atomic E-state index is 0.665. The SMILES string of the molecule is Nc1ccc(C(c2ccc(N)cc2)(C(Br)(Br)Br)C(Br)(Br)Br)cc1. The lowest BCUT2D eigenvalue weighted by Gasteiger charge is -2.47. The van der Waals surface area contributed by atoms with Crippen molar-refractivity contribution < 1.29 is 0 Å². The van der Waals surface area contributed by atoms with Crippen molar-refractivity contribution in [2.45, 2.75) is 9.70 Å². The molecule has 0 unspecified atom stereocenters. The van der Waals surface area contributed by atoms with Crippen LogP contribution >= 0.6 is 95.6 Å². The van der Waals surface area contributed by atoms with E-state index in [1.54, 1.807) is 0 Å². The van der Waals surface area contributed by atoms with Crippen LogP contribution in [0.2, 0.25) is 0 Å². The summed E-state index contributed by atoms with van der Waals surface area (Å²) < 4.78 is -1.38. The van der Waals surface area contributed by atoms with Crippen molar-refractivity contribution >= 4 is 107 Å². The minimum atomic E-state index is -0.692. The lowest BCUT2D eigenvalue weighted by Crippen LogP contribution is -2.50. The third-order valence-corrected chi connectivity index (χ3v) is 7.11. The number of anilines is 2. The zero-order valence-corrected chi connectivity index (χ0v) is 21.1. The predicted molar refractivity (Wildman–Crippen MR) is 122 cm³/mol. The van der Waals surface area contributed by atoms with Crippen LogP contribution in [0.5, 0.6) is 0 Å². The lowest BCUT2D eigenvalue weighted by atomic mass is 9.77. The van der Waals surface area contributed by atoms with E-state index in [0.29, 0.717) is 11.4 Å². The highest BCUT2D eigenvalue weighted by molar-refractivity contribution is 9.40. The Morgan fingerprint density at radius 1 is 0.522 bits per heavy atom. The van der Waals surface area contributed by atoms with Crippen molar-refractivity contribution in [3.05, 3.63) is 59.7 Å². The molecule has 0 aromatic heterocycles. The number of rotatable bonds is 2. The quantitative estimate of drug-likeness (QED) is 0.268. The maximum absolute atomic E-state index is 5.86. The summed E-state index contributed by atoms with van der Waals surface area (Å²) in [6.45, 7) is 0. The molecule has 2 aromatic rings. The standard InChI is InChI=1S/C15H12Br6N2/c16-14(17,18)13(15(19,20)21,9-1-5-11(22)6-2-9)10-3-7-12(23)8-4-10/h1-8H,22-23H2. The van der Waals surface area contributed by atoms with E-state index in [-0.39, 0.29) is 0 Å². The lowest BCUT2D eigenvalue weighted by molar-refractivity contribution is 0.602. The first-order valence-corrected chi connectivity index (χ1v) is 11.1. The van der Waals surface area contributed by atoms with Crippen LogP contribution in [-0.2, 0) is 5.41 Å². The van der Waals surface area contributed by atoms with Gasteiger partial charge >= 0.3 is 0 Å². The van der Waals surface area contributed by atoms with E-state index in [1.165, 1.54) is 0 Å². The summed E-state index contributed by atoms with van der Waals surface area (Å²) in [6.07, 6.45) is 0. The average molecular weight is 700 g/mol. The summed E-state index contributed by atoms with van der Waals surface area (Å²) in [7, 11) is 0. The number of nitrogens with two attached hydrogens (primary N) is 2. The first-order valence-electron chi connectivity index (χ1n) is 6.35. The van der Waals surface area contributed by atoms with E-state index in [9.17, 15) is 0 Å². The molecule has 2 aromatic carbocycles.